The summed E-state index contributed by atoms with van der Waals surface area (Å²) in [7, 11) is 3.95. The van der Waals surface area contributed by atoms with E-state index in [0.29, 0.717) is 18.1 Å². The number of thiazole rings is 1. The molecule has 0 saturated heterocycles. The van der Waals surface area contributed by atoms with Crippen molar-refractivity contribution in [2.24, 2.45) is 0 Å². The Morgan fingerprint density at radius 3 is 2.03 bits per heavy atom. The number of carbonyl (C=O) groups excluding carboxylic acids is 2. The van der Waals surface area contributed by atoms with Crippen molar-refractivity contribution >= 4 is 28.3 Å². The van der Waals surface area contributed by atoms with Crippen molar-refractivity contribution in [3.63, 3.8) is 0 Å². The molecule has 1 N–H and O–H groups in total. The molecule has 31 heavy (non-hydrogen) atoms. The van der Waals surface area contributed by atoms with Gasteiger partial charge in [-0.25, -0.2) is 4.98 Å². The standard InChI is InChI=1S/C24H44N4O2S/c1-5-6-7-8-9-10-11-12-13-14-15-16-23(30)28(18-17-27(3)4)19-22(29)26-24-25-21(2)20-31-24/h20H,5-19H2,1-4H3,(H,25,26,29). The highest BCUT2D eigenvalue weighted by Crippen LogP contribution is 2.15. The zero-order valence-corrected chi connectivity index (χ0v) is 21.1. The van der Waals surface area contributed by atoms with E-state index >= 15 is 0 Å². The predicted molar refractivity (Wildman–Crippen MR) is 132 cm³/mol. The molecule has 0 aliphatic carbocycles. The van der Waals surface area contributed by atoms with Gasteiger partial charge in [-0.15, -0.1) is 11.3 Å². The van der Waals surface area contributed by atoms with Crippen LogP contribution in [0.15, 0.2) is 5.38 Å². The van der Waals surface area contributed by atoms with Gasteiger partial charge in [-0.3, -0.25) is 9.59 Å². The minimum atomic E-state index is -0.180. The van der Waals surface area contributed by atoms with Crippen molar-refractivity contribution in [3.05, 3.63) is 11.1 Å². The zero-order valence-electron chi connectivity index (χ0n) is 20.3. The number of aryl methyl sites for hydroxylation is 1. The first-order valence-corrected chi connectivity index (χ1v) is 12.9. The van der Waals surface area contributed by atoms with E-state index in [1.165, 1.54) is 69.1 Å². The molecule has 0 fully saturated rings. The molecule has 2 amide bonds. The summed E-state index contributed by atoms with van der Waals surface area (Å²) in [6.07, 6.45) is 14.4. The lowest BCUT2D eigenvalue weighted by Crippen LogP contribution is -2.41. The number of hydrogen-bond acceptors (Lipinski definition) is 5. The third-order valence-electron chi connectivity index (χ3n) is 5.36. The minimum absolute atomic E-state index is 0.0724. The molecule has 0 saturated carbocycles. The van der Waals surface area contributed by atoms with Gasteiger partial charge >= 0.3 is 0 Å². The Hall–Kier alpha value is -1.47. The maximum absolute atomic E-state index is 12.7. The van der Waals surface area contributed by atoms with E-state index in [4.69, 9.17) is 0 Å². The van der Waals surface area contributed by atoms with Gasteiger partial charge in [-0.1, -0.05) is 71.1 Å². The number of amides is 2. The van der Waals surface area contributed by atoms with E-state index in [2.05, 4.69) is 17.2 Å². The van der Waals surface area contributed by atoms with Crippen LogP contribution >= 0.6 is 11.3 Å². The van der Waals surface area contributed by atoms with Gasteiger partial charge < -0.3 is 15.1 Å². The van der Waals surface area contributed by atoms with E-state index < -0.39 is 0 Å². The SMILES string of the molecule is CCCCCCCCCCCCCC(=O)N(CCN(C)C)CC(=O)Nc1nc(C)cs1. The van der Waals surface area contributed by atoms with Gasteiger partial charge in [0, 0.05) is 24.9 Å². The largest absolute Gasteiger partial charge is 0.332 e. The van der Waals surface area contributed by atoms with Crippen LogP contribution in [0.3, 0.4) is 0 Å². The van der Waals surface area contributed by atoms with E-state index in [9.17, 15) is 9.59 Å². The third-order valence-corrected chi connectivity index (χ3v) is 6.24. The summed E-state index contributed by atoms with van der Waals surface area (Å²) >= 11 is 1.41. The van der Waals surface area contributed by atoms with Crippen molar-refractivity contribution in [2.45, 2.75) is 90.9 Å². The Labute approximate surface area is 193 Å². The number of nitrogens with zero attached hydrogens (tertiary/aromatic N) is 3. The third kappa shape index (κ3) is 14.3. The second-order valence-corrected chi connectivity index (χ2v) is 9.60. The quantitative estimate of drug-likeness (QED) is 0.299. The first-order chi connectivity index (χ1) is 14.9. The van der Waals surface area contributed by atoms with Gasteiger partial charge in [-0.2, -0.15) is 0 Å². The molecular weight excluding hydrogens is 408 g/mol. The van der Waals surface area contributed by atoms with Crippen LogP contribution in [0.1, 0.15) is 89.7 Å². The first-order valence-electron chi connectivity index (χ1n) is 12.1. The van der Waals surface area contributed by atoms with Crippen molar-refractivity contribution in [1.82, 2.24) is 14.8 Å². The zero-order chi connectivity index (χ0) is 22.9. The van der Waals surface area contributed by atoms with Gasteiger partial charge in [0.25, 0.3) is 0 Å². The van der Waals surface area contributed by atoms with Crippen LogP contribution in [0.25, 0.3) is 0 Å². The molecule has 0 radical (unpaired) electrons. The molecule has 0 aliphatic rings. The number of unbranched alkanes of at least 4 members (excludes halogenated alkanes) is 10. The molecule has 0 unspecified atom stereocenters. The molecule has 0 aliphatic heterocycles. The summed E-state index contributed by atoms with van der Waals surface area (Å²) in [6, 6.07) is 0. The van der Waals surface area contributed by atoms with Gasteiger partial charge in [0.05, 0.1) is 12.2 Å². The molecule has 1 aromatic heterocycles. The molecule has 1 rings (SSSR count). The summed E-state index contributed by atoms with van der Waals surface area (Å²) in [5.74, 6) is -0.108. The monoisotopic (exact) mass is 452 g/mol. The normalized spacial score (nSPS) is 11.1. The van der Waals surface area contributed by atoms with E-state index in [-0.39, 0.29) is 18.4 Å². The molecule has 7 heteroatoms. The highest BCUT2D eigenvalue weighted by Gasteiger charge is 2.17. The Morgan fingerprint density at radius 2 is 1.52 bits per heavy atom. The number of rotatable bonds is 18. The summed E-state index contributed by atoms with van der Waals surface area (Å²) in [5.41, 5.74) is 0.886. The molecule has 0 atom stereocenters. The van der Waals surface area contributed by atoms with Crippen molar-refractivity contribution in [3.8, 4) is 0 Å². The number of nitrogens with one attached hydrogen (secondary N) is 1. The summed E-state index contributed by atoms with van der Waals surface area (Å²) in [5, 5.41) is 5.30. The van der Waals surface area contributed by atoms with Crippen LogP contribution in [0.4, 0.5) is 5.13 Å². The smallest absolute Gasteiger partial charge is 0.245 e. The second kappa shape index (κ2) is 17.1. The van der Waals surface area contributed by atoms with E-state index in [0.717, 1.165) is 25.1 Å². The van der Waals surface area contributed by atoms with Crippen molar-refractivity contribution < 1.29 is 9.59 Å². The average molecular weight is 453 g/mol. The number of aromatic nitrogens is 1. The summed E-state index contributed by atoms with van der Waals surface area (Å²) in [6.45, 7) is 5.54. The number of hydrogen-bond donors (Lipinski definition) is 1. The van der Waals surface area contributed by atoms with Crippen LogP contribution in [-0.4, -0.2) is 60.3 Å². The first kappa shape index (κ1) is 27.6. The van der Waals surface area contributed by atoms with E-state index in [1.54, 1.807) is 4.90 Å². The lowest BCUT2D eigenvalue weighted by molar-refractivity contribution is -0.135. The fourth-order valence-corrected chi connectivity index (χ4v) is 4.16. The lowest BCUT2D eigenvalue weighted by atomic mass is 10.1. The Kier molecular flexibility index (Phi) is 15.2. The molecule has 1 heterocycles. The van der Waals surface area contributed by atoms with Crippen LogP contribution in [0.2, 0.25) is 0 Å². The molecule has 0 spiro atoms. The lowest BCUT2D eigenvalue weighted by Gasteiger charge is -2.24. The van der Waals surface area contributed by atoms with Crippen LogP contribution < -0.4 is 5.32 Å². The molecular formula is C24H44N4O2S. The molecule has 178 valence electrons. The fourth-order valence-electron chi connectivity index (χ4n) is 3.45. The van der Waals surface area contributed by atoms with Crippen LogP contribution in [0.5, 0.6) is 0 Å². The molecule has 6 nitrogen and oxygen atoms in total. The predicted octanol–water partition coefficient (Wildman–Crippen LogP) is 5.48. The van der Waals surface area contributed by atoms with E-state index in [1.807, 2.05) is 31.3 Å². The Morgan fingerprint density at radius 1 is 0.935 bits per heavy atom. The van der Waals surface area contributed by atoms with Crippen LogP contribution in [-0.2, 0) is 9.59 Å². The van der Waals surface area contributed by atoms with Gasteiger partial charge in [0.1, 0.15) is 0 Å². The number of carbonyl (C=O) groups is 2. The Bertz CT molecular complexity index is 618. The summed E-state index contributed by atoms with van der Waals surface area (Å²) < 4.78 is 0. The number of likely N-dealkylation sites (N-methyl/N-ethyl adjacent to an activating group) is 1. The fraction of sp³-hybridized carbons (Fsp3) is 0.792. The molecule has 0 bridgehead atoms. The Balaban J connectivity index is 2.25. The molecule has 0 aromatic carbocycles. The van der Waals surface area contributed by atoms with Crippen molar-refractivity contribution in [2.75, 3.05) is 39.0 Å². The maximum Gasteiger partial charge on any atom is 0.245 e. The topological polar surface area (TPSA) is 65.5 Å². The van der Waals surface area contributed by atoms with Gasteiger partial charge in [0.15, 0.2) is 5.13 Å². The number of anilines is 1. The highest BCUT2D eigenvalue weighted by atomic mass is 32.1. The highest BCUT2D eigenvalue weighted by molar-refractivity contribution is 7.13. The summed E-state index contributed by atoms with van der Waals surface area (Å²) in [4.78, 5) is 33.1. The second-order valence-electron chi connectivity index (χ2n) is 8.75. The van der Waals surface area contributed by atoms with Gasteiger partial charge in [-0.05, 0) is 27.4 Å². The minimum Gasteiger partial charge on any atom is -0.332 e. The van der Waals surface area contributed by atoms with Crippen molar-refractivity contribution in [1.29, 1.82) is 0 Å². The average Bonchev–Trinajstić information content (AvgIpc) is 3.13. The molecule has 1 aromatic rings. The van der Waals surface area contributed by atoms with Gasteiger partial charge in [0.2, 0.25) is 11.8 Å². The van der Waals surface area contributed by atoms with Crippen LogP contribution in [0, 0.1) is 6.92 Å². The maximum atomic E-state index is 12.7.